The van der Waals surface area contributed by atoms with Crippen molar-refractivity contribution in [2.24, 2.45) is 0 Å². The molecule has 1 aliphatic heterocycles. The van der Waals surface area contributed by atoms with E-state index in [0.717, 1.165) is 0 Å². The lowest BCUT2D eigenvalue weighted by Crippen LogP contribution is -2.31. The molecule has 27 heavy (non-hydrogen) atoms. The Kier molecular flexibility index (Phi) is 4.55. The zero-order chi connectivity index (χ0) is 19.1. The zero-order valence-electron chi connectivity index (χ0n) is 13.9. The van der Waals surface area contributed by atoms with Gasteiger partial charge in [-0.15, -0.1) is 21.5 Å². The Balaban J connectivity index is 1.88. The van der Waals surface area contributed by atoms with Crippen molar-refractivity contribution in [3.05, 3.63) is 73.6 Å². The summed E-state index contributed by atoms with van der Waals surface area (Å²) in [6.07, 6.45) is 0. The molecule has 1 atom stereocenters. The third-order valence-corrected chi connectivity index (χ3v) is 6.06. The van der Waals surface area contributed by atoms with Crippen molar-refractivity contribution in [3.63, 3.8) is 0 Å². The number of carbonyl (C=O) groups excluding carboxylic acids is 2. The number of carbonyl (C=O) groups is 2. The number of halogens is 1. The Hall–Kier alpha value is -2.55. The molecule has 6 nitrogen and oxygen atoms in total. The quantitative estimate of drug-likeness (QED) is 0.638. The molecule has 2 aromatic heterocycles. The number of aryl methyl sites for hydroxylation is 1. The molecule has 0 fully saturated rings. The molecule has 1 N–H and O–H groups in total. The van der Waals surface area contributed by atoms with Crippen LogP contribution in [0.2, 0.25) is 5.02 Å². The molecule has 0 bridgehead atoms. The lowest BCUT2D eigenvalue weighted by molar-refractivity contribution is -0.117. The topological polar surface area (TPSA) is 83.4 Å². The Morgan fingerprint density at radius 1 is 1.22 bits per heavy atom. The van der Waals surface area contributed by atoms with E-state index in [9.17, 15) is 14.7 Å². The number of nitrogens with zero attached hydrogens (tertiary/aromatic N) is 3. The third-order valence-electron chi connectivity index (χ3n) is 4.10. The van der Waals surface area contributed by atoms with E-state index in [-0.39, 0.29) is 11.4 Å². The van der Waals surface area contributed by atoms with E-state index in [0.29, 0.717) is 25.6 Å². The summed E-state index contributed by atoms with van der Waals surface area (Å²) in [5.74, 6) is -1.63. The summed E-state index contributed by atoms with van der Waals surface area (Å²) in [7, 11) is 0. The second kappa shape index (κ2) is 6.88. The second-order valence-corrected chi connectivity index (χ2v) is 8.35. The van der Waals surface area contributed by atoms with Crippen LogP contribution in [0.4, 0.5) is 5.13 Å². The number of aliphatic hydroxyl groups is 1. The summed E-state index contributed by atoms with van der Waals surface area (Å²) in [6, 6.07) is 9.39. The fourth-order valence-electron chi connectivity index (χ4n) is 2.92. The number of hydrogen-bond donors (Lipinski definition) is 1. The van der Waals surface area contributed by atoms with Crippen molar-refractivity contribution in [1.29, 1.82) is 0 Å². The minimum Gasteiger partial charge on any atom is -0.503 e. The second-order valence-electron chi connectivity index (χ2n) is 5.80. The number of benzene rings is 1. The van der Waals surface area contributed by atoms with Crippen LogP contribution in [0.1, 0.15) is 26.3 Å². The monoisotopic (exact) mass is 417 g/mol. The largest absolute Gasteiger partial charge is 0.503 e. The van der Waals surface area contributed by atoms with Gasteiger partial charge in [0, 0.05) is 5.02 Å². The minimum atomic E-state index is -0.809. The first-order valence-electron chi connectivity index (χ1n) is 7.88. The Labute approximate surface area is 167 Å². The molecule has 0 aliphatic carbocycles. The van der Waals surface area contributed by atoms with Gasteiger partial charge in [0.1, 0.15) is 5.01 Å². The number of amides is 1. The average Bonchev–Trinajstić information content (AvgIpc) is 3.37. The van der Waals surface area contributed by atoms with Gasteiger partial charge in [0.2, 0.25) is 10.9 Å². The van der Waals surface area contributed by atoms with Gasteiger partial charge in [-0.1, -0.05) is 41.1 Å². The van der Waals surface area contributed by atoms with Crippen molar-refractivity contribution in [3.8, 4) is 0 Å². The molecule has 0 spiro atoms. The molecule has 1 aromatic carbocycles. The highest BCUT2D eigenvalue weighted by molar-refractivity contribution is 7.15. The molecule has 0 unspecified atom stereocenters. The van der Waals surface area contributed by atoms with Crippen molar-refractivity contribution in [2.45, 2.75) is 13.0 Å². The normalized spacial score (nSPS) is 17.0. The van der Waals surface area contributed by atoms with Gasteiger partial charge in [-0.05, 0) is 36.1 Å². The lowest BCUT2D eigenvalue weighted by atomic mass is 9.95. The zero-order valence-corrected chi connectivity index (χ0v) is 16.3. The molecule has 0 saturated heterocycles. The highest BCUT2D eigenvalue weighted by atomic mass is 35.5. The fraction of sp³-hybridized carbons (Fsp3) is 0.111. The minimum absolute atomic E-state index is 0.0256. The molecule has 136 valence electrons. The van der Waals surface area contributed by atoms with Gasteiger partial charge in [-0.2, -0.15) is 0 Å². The molecular formula is C18H12ClN3O3S2. The highest BCUT2D eigenvalue weighted by Gasteiger charge is 2.46. The number of aliphatic hydroxyl groups excluding tert-OH is 1. The van der Waals surface area contributed by atoms with E-state index in [4.69, 9.17) is 11.6 Å². The highest BCUT2D eigenvalue weighted by Crippen LogP contribution is 2.43. The molecule has 3 aromatic rings. The van der Waals surface area contributed by atoms with Crippen molar-refractivity contribution in [2.75, 3.05) is 4.90 Å². The average molecular weight is 418 g/mol. The van der Waals surface area contributed by atoms with E-state index >= 15 is 0 Å². The van der Waals surface area contributed by atoms with E-state index in [1.165, 1.54) is 27.6 Å². The predicted molar refractivity (Wildman–Crippen MR) is 105 cm³/mol. The van der Waals surface area contributed by atoms with Crippen LogP contribution in [0.15, 0.2) is 53.1 Å². The maximum absolute atomic E-state index is 13.1. The lowest BCUT2D eigenvalue weighted by Gasteiger charge is -2.24. The molecule has 4 rings (SSSR count). The van der Waals surface area contributed by atoms with Gasteiger partial charge in [0.25, 0.3) is 5.91 Å². The SMILES string of the molecule is Cc1nnc(N2C(=O)C(O)=C(C(=O)c3cccs3)[C@@H]2c2ccc(Cl)cc2)s1. The Bertz CT molecular complexity index is 1060. The van der Waals surface area contributed by atoms with Crippen LogP contribution in [-0.4, -0.2) is 27.0 Å². The van der Waals surface area contributed by atoms with E-state index in [1.54, 1.807) is 48.7 Å². The van der Waals surface area contributed by atoms with Gasteiger partial charge in [0.15, 0.2) is 5.76 Å². The van der Waals surface area contributed by atoms with Crippen molar-refractivity contribution >= 4 is 51.1 Å². The molecule has 0 radical (unpaired) electrons. The molecule has 1 amide bonds. The number of anilines is 1. The summed E-state index contributed by atoms with van der Waals surface area (Å²) in [5.41, 5.74) is 0.669. The first kappa shape index (κ1) is 17.8. The van der Waals surface area contributed by atoms with Crippen LogP contribution in [0.25, 0.3) is 0 Å². The Morgan fingerprint density at radius 2 is 1.96 bits per heavy atom. The number of aromatic nitrogens is 2. The van der Waals surface area contributed by atoms with Crippen LogP contribution in [0, 0.1) is 6.92 Å². The summed E-state index contributed by atoms with van der Waals surface area (Å²) >= 11 is 8.45. The van der Waals surface area contributed by atoms with Crippen molar-refractivity contribution in [1.82, 2.24) is 10.2 Å². The van der Waals surface area contributed by atoms with Gasteiger partial charge in [-0.25, -0.2) is 0 Å². The number of ketones is 1. The van der Waals surface area contributed by atoms with Crippen molar-refractivity contribution < 1.29 is 14.7 Å². The van der Waals surface area contributed by atoms with Gasteiger partial charge < -0.3 is 5.11 Å². The standard InChI is InChI=1S/C18H12ClN3O3S2/c1-9-20-21-18(27-9)22-14(10-4-6-11(19)7-5-10)13(16(24)17(22)25)15(23)12-3-2-8-26-12/h2-8,14,24H,1H3/t14-/m0/s1. The number of rotatable bonds is 4. The molecule has 9 heteroatoms. The van der Waals surface area contributed by atoms with Crippen LogP contribution in [0.3, 0.4) is 0 Å². The Morgan fingerprint density at radius 3 is 2.56 bits per heavy atom. The van der Waals surface area contributed by atoms with Crippen LogP contribution in [0.5, 0.6) is 0 Å². The summed E-state index contributed by atoms with van der Waals surface area (Å²) in [6.45, 7) is 1.77. The van der Waals surface area contributed by atoms with E-state index in [2.05, 4.69) is 10.2 Å². The van der Waals surface area contributed by atoms with Crippen LogP contribution >= 0.6 is 34.3 Å². The molecular weight excluding hydrogens is 406 g/mol. The molecule has 0 saturated carbocycles. The first-order valence-corrected chi connectivity index (χ1v) is 9.95. The summed E-state index contributed by atoms with van der Waals surface area (Å²) in [5, 5.41) is 21.8. The number of thiophene rings is 1. The summed E-state index contributed by atoms with van der Waals surface area (Å²) in [4.78, 5) is 27.6. The fourth-order valence-corrected chi connectivity index (χ4v) is 4.44. The number of Topliss-reactive ketones (excluding diaryl/α,β-unsaturated/α-hetero) is 1. The molecule has 3 heterocycles. The van der Waals surface area contributed by atoms with Gasteiger partial charge in [-0.3, -0.25) is 14.5 Å². The van der Waals surface area contributed by atoms with Crippen LogP contribution in [-0.2, 0) is 4.79 Å². The predicted octanol–water partition coefficient (Wildman–Crippen LogP) is 4.34. The van der Waals surface area contributed by atoms with E-state index < -0.39 is 17.7 Å². The maximum Gasteiger partial charge on any atom is 0.296 e. The first-order chi connectivity index (χ1) is 13.0. The summed E-state index contributed by atoms with van der Waals surface area (Å²) < 4.78 is 0. The van der Waals surface area contributed by atoms with E-state index in [1.807, 2.05) is 0 Å². The third kappa shape index (κ3) is 3.05. The smallest absolute Gasteiger partial charge is 0.296 e. The van der Waals surface area contributed by atoms with Gasteiger partial charge in [0.05, 0.1) is 16.5 Å². The van der Waals surface area contributed by atoms with Crippen LogP contribution < -0.4 is 4.90 Å². The molecule has 1 aliphatic rings. The van der Waals surface area contributed by atoms with Gasteiger partial charge >= 0.3 is 0 Å². The number of hydrogen-bond acceptors (Lipinski definition) is 7. The maximum atomic E-state index is 13.1.